The van der Waals surface area contributed by atoms with Crippen LogP contribution in [0.4, 0.5) is 5.69 Å². The minimum Gasteiger partial charge on any atom is -0.479 e. The van der Waals surface area contributed by atoms with Gasteiger partial charge in [-0.05, 0) is 37.3 Å². The molecule has 1 saturated heterocycles. The highest BCUT2D eigenvalue weighted by molar-refractivity contribution is 9.10. The molecule has 1 aliphatic heterocycles. The van der Waals surface area contributed by atoms with Crippen LogP contribution >= 0.6 is 15.9 Å². The molecule has 0 bridgehead atoms. The number of ether oxygens (including phenoxy) is 1. The van der Waals surface area contributed by atoms with Crippen LogP contribution in [0, 0.1) is 24.7 Å². The van der Waals surface area contributed by atoms with Crippen molar-refractivity contribution >= 4 is 33.4 Å². The summed E-state index contributed by atoms with van der Waals surface area (Å²) in [6.45, 7) is 2.72. The first-order valence-electron chi connectivity index (χ1n) is 8.88. The number of carbonyl (C=O) groups excluding carboxylic acids is 2. The van der Waals surface area contributed by atoms with E-state index in [1.165, 1.54) is 0 Å². The molecule has 1 aromatic carbocycles. The molecule has 3 rings (SSSR count). The Morgan fingerprint density at radius 2 is 2.21 bits per heavy atom. The quantitative estimate of drug-likeness (QED) is 0.723. The number of hydrogen-bond acceptors (Lipinski definition) is 4. The Morgan fingerprint density at radius 3 is 2.96 bits per heavy atom. The third-order valence-corrected chi connectivity index (χ3v) is 4.78. The third-order valence-electron chi connectivity index (χ3n) is 4.29. The van der Waals surface area contributed by atoms with Crippen LogP contribution in [-0.4, -0.2) is 36.5 Å². The second-order valence-corrected chi connectivity index (χ2v) is 7.30. The summed E-state index contributed by atoms with van der Waals surface area (Å²) in [6, 6.07) is 11.2. The van der Waals surface area contributed by atoms with Gasteiger partial charge in [-0.1, -0.05) is 33.8 Å². The van der Waals surface area contributed by atoms with Crippen molar-refractivity contribution in [3.8, 4) is 17.6 Å². The molecular weight excluding hydrogens is 422 g/mol. The summed E-state index contributed by atoms with van der Waals surface area (Å²) in [5, 5.41) is 2.77. The van der Waals surface area contributed by atoms with Crippen LogP contribution < -0.4 is 15.0 Å². The summed E-state index contributed by atoms with van der Waals surface area (Å²) in [5.74, 6) is 5.76. The topological polar surface area (TPSA) is 71.5 Å². The first-order valence-corrected chi connectivity index (χ1v) is 9.67. The van der Waals surface area contributed by atoms with E-state index < -0.39 is 0 Å². The number of halogens is 1. The van der Waals surface area contributed by atoms with Gasteiger partial charge >= 0.3 is 0 Å². The molecule has 0 spiro atoms. The molecule has 2 heterocycles. The van der Waals surface area contributed by atoms with Crippen LogP contribution in [0.15, 0.2) is 47.1 Å². The van der Waals surface area contributed by atoms with Crippen LogP contribution in [0.2, 0.25) is 0 Å². The summed E-state index contributed by atoms with van der Waals surface area (Å²) in [4.78, 5) is 30.3. The predicted molar refractivity (Wildman–Crippen MR) is 110 cm³/mol. The molecule has 2 amide bonds. The molecule has 1 aromatic heterocycles. The first-order chi connectivity index (χ1) is 13.5. The molecule has 0 aliphatic carbocycles. The molecule has 6 nitrogen and oxygen atoms in total. The summed E-state index contributed by atoms with van der Waals surface area (Å²) in [7, 11) is 0. The van der Waals surface area contributed by atoms with Gasteiger partial charge in [-0.15, -0.1) is 0 Å². The monoisotopic (exact) mass is 441 g/mol. The lowest BCUT2D eigenvalue weighted by Crippen LogP contribution is -2.33. The molecule has 1 unspecified atom stereocenters. The minimum atomic E-state index is -0.372. The largest absolute Gasteiger partial charge is 0.479 e. The number of amides is 2. The van der Waals surface area contributed by atoms with Gasteiger partial charge in [0, 0.05) is 28.8 Å². The van der Waals surface area contributed by atoms with E-state index in [0.717, 1.165) is 15.9 Å². The van der Waals surface area contributed by atoms with E-state index in [4.69, 9.17) is 4.74 Å². The Labute approximate surface area is 172 Å². The fourth-order valence-electron chi connectivity index (χ4n) is 2.82. The van der Waals surface area contributed by atoms with Crippen molar-refractivity contribution in [3.05, 3.63) is 52.8 Å². The van der Waals surface area contributed by atoms with Gasteiger partial charge < -0.3 is 15.0 Å². The number of nitrogens with zero attached hydrogens (tertiary/aromatic N) is 2. The van der Waals surface area contributed by atoms with Crippen LogP contribution in [0.1, 0.15) is 12.1 Å². The van der Waals surface area contributed by atoms with Gasteiger partial charge in [-0.25, -0.2) is 0 Å². The number of rotatable bonds is 5. The fourth-order valence-corrected chi connectivity index (χ4v) is 3.21. The lowest BCUT2D eigenvalue weighted by Gasteiger charge is -2.16. The molecule has 1 N–H and O–H groups in total. The standard InChI is InChI=1S/C21H20BrN3O3/c1-15-7-8-19(13-24-15)28-10-3-2-9-23-21(27)16-11-20(26)25(14-16)18-6-4-5-17(22)12-18/h4-8,12-13,16H,9-11,14H2,1H3,(H,23,27). The second-order valence-electron chi connectivity index (χ2n) is 6.38. The molecule has 7 heteroatoms. The molecule has 1 atom stereocenters. The average Bonchev–Trinajstić information content (AvgIpc) is 3.07. The lowest BCUT2D eigenvalue weighted by molar-refractivity contribution is -0.126. The molecule has 1 fully saturated rings. The maximum atomic E-state index is 12.3. The third kappa shape index (κ3) is 5.33. The Kier molecular flexibility index (Phi) is 6.66. The minimum absolute atomic E-state index is 0.0514. The number of aryl methyl sites for hydroxylation is 1. The number of carbonyl (C=O) groups is 2. The summed E-state index contributed by atoms with van der Waals surface area (Å²) >= 11 is 3.40. The van der Waals surface area contributed by atoms with Crippen LogP contribution in [0.5, 0.6) is 5.75 Å². The van der Waals surface area contributed by atoms with Crippen molar-refractivity contribution in [3.63, 3.8) is 0 Å². The van der Waals surface area contributed by atoms with Gasteiger partial charge in [0.25, 0.3) is 0 Å². The molecule has 2 aromatic rings. The van der Waals surface area contributed by atoms with Crippen LogP contribution in [-0.2, 0) is 9.59 Å². The van der Waals surface area contributed by atoms with E-state index in [9.17, 15) is 9.59 Å². The SMILES string of the molecule is Cc1ccc(OCC#CCNC(=O)C2CC(=O)N(c3cccc(Br)c3)C2)cn1. The van der Waals surface area contributed by atoms with Crippen molar-refractivity contribution in [1.82, 2.24) is 10.3 Å². The highest BCUT2D eigenvalue weighted by Gasteiger charge is 2.34. The van der Waals surface area contributed by atoms with Crippen LogP contribution in [0.3, 0.4) is 0 Å². The zero-order valence-electron chi connectivity index (χ0n) is 15.4. The molecule has 0 saturated carbocycles. The van der Waals surface area contributed by atoms with Crippen molar-refractivity contribution < 1.29 is 14.3 Å². The van der Waals surface area contributed by atoms with Gasteiger partial charge in [0.15, 0.2) is 0 Å². The molecule has 144 valence electrons. The van der Waals surface area contributed by atoms with Crippen LogP contribution in [0.25, 0.3) is 0 Å². The number of anilines is 1. The number of pyridine rings is 1. The number of aromatic nitrogens is 1. The Hall–Kier alpha value is -2.85. The average molecular weight is 442 g/mol. The molecule has 28 heavy (non-hydrogen) atoms. The number of benzene rings is 1. The molecule has 1 aliphatic rings. The summed E-state index contributed by atoms with van der Waals surface area (Å²) in [5.41, 5.74) is 1.71. The second kappa shape index (κ2) is 9.38. The number of hydrogen-bond donors (Lipinski definition) is 1. The number of nitrogens with one attached hydrogen (secondary N) is 1. The normalized spacial score (nSPS) is 15.7. The van der Waals surface area contributed by atoms with Crippen molar-refractivity contribution in [2.75, 3.05) is 24.6 Å². The zero-order chi connectivity index (χ0) is 19.9. The van der Waals surface area contributed by atoms with Crippen molar-refractivity contribution in [1.29, 1.82) is 0 Å². The lowest BCUT2D eigenvalue weighted by atomic mass is 10.1. The summed E-state index contributed by atoms with van der Waals surface area (Å²) < 4.78 is 6.34. The zero-order valence-corrected chi connectivity index (χ0v) is 17.0. The highest BCUT2D eigenvalue weighted by atomic mass is 79.9. The van der Waals surface area contributed by atoms with Gasteiger partial charge in [0.2, 0.25) is 11.8 Å². The first kappa shape index (κ1) is 19.9. The van der Waals surface area contributed by atoms with Gasteiger partial charge in [0.1, 0.15) is 12.4 Å². The van der Waals surface area contributed by atoms with Gasteiger partial charge in [0.05, 0.1) is 18.7 Å². The molecular formula is C21H20BrN3O3. The van der Waals surface area contributed by atoms with E-state index in [1.54, 1.807) is 11.1 Å². The van der Waals surface area contributed by atoms with E-state index in [2.05, 4.69) is 38.1 Å². The Balaban J connectivity index is 1.43. The smallest absolute Gasteiger partial charge is 0.227 e. The Bertz CT molecular complexity index is 918. The maximum absolute atomic E-state index is 12.3. The van der Waals surface area contributed by atoms with Gasteiger partial charge in [-0.2, -0.15) is 0 Å². The van der Waals surface area contributed by atoms with Crippen molar-refractivity contribution in [2.45, 2.75) is 13.3 Å². The fraction of sp³-hybridized carbons (Fsp3) is 0.286. The summed E-state index contributed by atoms with van der Waals surface area (Å²) in [6.07, 6.45) is 1.85. The highest BCUT2D eigenvalue weighted by Crippen LogP contribution is 2.27. The molecule has 0 radical (unpaired) electrons. The van der Waals surface area contributed by atoms with E-state index >= 15 is 0 Å². The van der Waals surface area contributed by atoms with Crippen molar-refractivity contribution in [2.24, 2.45) is 5.92 Å². The van der Waals surface area contributed by atoms with E-state index in [1.807, 2.05) is 43.3 Å². The van der Waals surface area contributed by atoms with E-state index in [0.29, 0.717) is 12.3 Å². The maximum Gasteiger partial charge on any atom is 0.227 e. The van der Waals surface area contributed by atoms with Gasteiger partial charge in [-0.3, -0.25) is 14.6 Å². The Morgan fingerprint density at radius 1 is 1.36 bits per heavy atom. The predicted octanol–water partition coefficient (Wildman–Crippen LogP) is 2.70. The van der Waals surface area contributed by atoms with E-state index in [-0.39, 0.29) is 37.3 Å².